The first-order chi connectivity index (χ1) is 17.3. The molecular formula is C27H26N6OS. The number of pyridine rings is 2. The number of benzene rings is 1. The predicted octanol–water partition coefficient (Wildman–Crippen LogP) is 4.28. The summed E-state index contributed by atoms with van der Waals surface area (Å²) in [5.74, 6) is 0. The fourth-order valence-corrected chi connectivity index (χ4v) is 5.30. The molecule has 1 N–H and O–H groups in total. The Morgan fingerprint density at radius 2 is 1.60 bits per heavy atom. The molecule has 6 rings (SSSR count). The quantitative estimate of drug-likeness (QED) is 0.426. The van der Waals surface area contributed by atoms with Gasteiger partial charge in [-0.1, -0.05) is 6.07 Å². The summed E-state index contributed by atoms with van der Waals surface area (Å²) in [7, 11) is 0. The number of ether oxygens (including phenoxy) is 1. The lowest BCUT2D eigenvalue weighted by Gasteiger charge is -2.31. The van der Waals surface area contributed by atoms with Gasteiger partial charge in [0.2, 0.25) is 0 Å². The maximum atomic E-state index is 5.91. The fourth-order valence-electron chi connectivity index (χ4n) is 4.95. The molecule has 35 heavy (non-hydrogen) atoms. The molecular weight excluding hydrogens is 456 g/mol. The van der Waals surface area contributed by atoms with Gasteiger partial charge in [0.1, 0.15) is 6.04 Å². The first-order valence-corrected chi connectivity index (χ1v) is 12.2. The zero-order chi connectivity index (χ0) is 23.6. The van der Waals surface area contributed by atoms with E-state index in [0.717, 1.165) is 49.1 Å². The lowest BCUT2D eigenvalue weighted by atomic mass is 10.0. The van der Waals surface area contributed by atoms with Crippen molar-refractivity contribution in [3.63, 3.8) is 0 Å². The van der Waals surface area contributed by atoms with Crippen LogP contribution in [0.1, 0.15) is 23.5 Å². The molecule has 5 heterocycles. The van der Waals surface area contributed by atoms with Crippen LogP contribution in [0.5, 0.6) is 0 Å². The van der Waals surface area contributed by atoms with Gasteiger partial charge in [-0.3, -0.25) is 9.97 Å². The van der Waals surface area contributed by atoms with Crippen LogP contribution >= 0.6 is 12.2 Å². The van der Waals surface area contributed by atoms with Crippen molar-refractivity contribution in [1.82, 2.24) is 19.9 Å². The van der Waals surface area contributed by atoms with Gasteiger partial charge in [-0.15, -0.1) is 0 Å². The molecule has 8 heteroatoms. The summed E-state index contributed by atoms with van der Waals surface area (Å²) < 4.78 is 7.71. The Morgan fingerprint density at radius 3 is 2.34 bits per heavy atom. The minimum absolute atomic E-state index is 0.0881. The van der Waals surface area contributed by atoms with Crippen LogP contribution in [0.15, 0.2) is 91.5 Å². The summed E-state index contributed by atoms with van der Waals surface area (Å²) in [4.78, 5) is 13.4. The zero-order valence-corrected chi connectivity index (χ0v) is 20.0. The largest absolute Gasteiger partial charge is 0.378 e. The van der Waals surface area contributed by atoms with Crippen LogP contribution in [0.3, 0.4) is 0 Å². The second kappa shape index (κ2) is 9.48. The SMILES string of the molecule is S=C1N[C@@H](c2ccccn2)[C@H](c2cccn2-c2ccncc2)N1c1ccc(N2CCOCC2)cc1. The van der Waals surface area contributed by atoms with Crippen molar-refractivity contribution in [2.45, 2.75) is 12.1 Å². The Kier molecular flexibility index (Phi) is 5.89. The molecule has 0 aliphatic carbocycles. The lowest BCUT2D eigenvalue weighted by molar-refractivity contribution is 0.122. The van der Waals surface area contributed by atoms with Gasteiger partial charge < -0.3 is 24.4 Å². The number of morpholine rings is 1. The number of aromatic nitrogens is 3. The van der Waals surface area contributed by atoms with Crippen LogP contribution in [0.25, 0.3) is 5.69 Å². The van der Waals surface area contributed by atoms with Gasteiger partial charge in [0, 0.05) is 60.6 Å². The summed E-state index contributed by atoms with van der Waals surface area (Å²) >= 11 is 5.91. The fraction of sp³-hybridized carbons (Fsp3) is 0.222. The molecule has 2 saturated heterocycles. The summed E-state index contributed by atoms with van der Waals surface area (Å²) in [6.45, 7) is 3.35. The molecule has 0 saturated carbocycles. The first kappa shape index (κ1) is 21.8. The molecule has 0 unspecified atom stereocenters. The standard InChI is InChI=1S/C27H26N6OS/c35-27-30-25(23-4-1-2-12-29-23)26(24-5-3-15-32(24)21-10-13-28-14-11-21)33(27)22-8-6-20(7-9-22)31-16-18-34-19-17-31/h1-15,25-26H,16-19H2,(H,30,35)/t25-,26-/m0/s1. The number of thiocarbonyl (C=S) groups is 1. The van der Waals surface area contributed by atoms with E-state index in [4.69, 9.17) is 17.0 Å². The minimum Gasteiger partial charge on any atom is -0.378 e. The summed E-state index contributed by atoms with van der Waals surface area (Å²) in [5, 5.41) is 4.24. The highest BCUT2D eigenvalue weighted by molar-refractivity contribution is 7.80. The number of hydrogen-bond donors (Lipinski definition) is 1. The van der Waals surface area contributed by atoms with E-state index in [1.807, 2.05) is 42.9 Å². The lowest BCUT2D eigenvalue weighted by Crippen LogP contribution is -2.36. The Balaban J connectivity index is 1.41. The third-order valence-corrected chi connectivity index (χ3v) is 6.94. The van der Waals surface area contributed by atoms with Crippen molar-refractivity contribution in [3.8, 4) is 5.69 Å². The maximum absolute atomic E-state index is 5.91. The van der Waals surface area contributed by atoms with Crippen molar-refractivity contribution >= 4 is 28.7 Å². The second-order valence-corrected chi connectivity index (χ2v) is 9.01. The smallest absolute Gasteiger partial charge is 0.174 e. The molecule has 0 amide bonds. The van der Waals surface area contributed by atoms with E-state index in [2.05, 4.69) is 78.3 Å². The number of anilines is 2. The number of hydrogen-bond acceptors (Lipinski definition) is 5. The molecule has 7 nitrogen and oxygen atoms in total. The molecule has 0 bridgehead atoms. The molecule has 2 fully saturated rings. The molecule has 1 aromatic carbocycles. The Labute approximate surface area is 210 Å². The summed E-state index contributed by atoms with van der Waals surface area (Å²) in [5.41, 5.74) is 5.38. The second-order valence-electron chi connectivity index (χ2n) is 8.62. The van der Waals surface area contributed by atoms with E-state index >= 15 is 0 Å². The monoisotopic (exact) mass is 482 g/mol. The molecule has 176 valence electrons. The van der Waals surface area contributed by atoms with Crippen molar-refractivity contribution in [1.29, 1.82) is 0 Å². The Bertz CT molecular complexity index is 1290. The number of nitrogens with one attached hydrogen (secondary N) is 1. The number of nitrogens with zero attached hydrogens (tertiary/aromatic N) is 5. The molecule has 2 atom stereocenters. The van der Waals surface area contributed by atoms with Crippen LogP contribution in [0, 0.1) is 0 Å². The van der Waals surface area contributed by atoms with Crippen molar-refractivity contribution in [2.24, 2.45) is 0 Å². The molecule has 2 aliphatic heterocycles. The van der Waals surface area contributed by atoms with Gasteiger partial charge in [-0.05, 0) is 72.9 Å². The average molecular weight is 483 g/mol. The highest BCUT2D eigenvalue weighted by Gasteiger charge is 2.42. The van der Waals surface area contributed by atoms with Gasteiger partial charge in [-0.25, -0.2) is 0 Å². The zero-order valence-electron chi connectivity index (χ0n) is 19.2. The van der Waals surface area contributed by atoms with Crippen LogP contribution in [0.2, 0.25) is 0 Å². The van der Waals surface area contributed by atoms with Gasteiger partial charge in [-0.2, -0.15) is 0 Å². The predicted molar refractivity (Wildman–Crippen MR) is 141 cm³/mol. The average Bonchev–Trinajstić information content (AvgIpc) is 3.55. The van der Waals surface area contributed by atoms with Crippen molar-refractivity contribution in [3.05, 3.63) is 103 Å². The van der Waals surface area contributed by atoms with E-state index in [-0.39, 0.29) is 12.1 Å². The highest BCUT2D eigenvalue weighted by Crippen LogP contribution is 2.42. The first-order valence-electron chi connectivity index (χ1n) is 11.8. The van der Waals surface area contributed by atoms with Crippen LogP contribution in [0.4, 0.5) is 11.4 Å². The van der Waals surface area contributed by atoms with Gasteiger partial charge in [0.05, 0.1) is 24.9 Å². The van der Waals surface area contributed by atoms with E-state index in [1.165, 1.54) is 5.69 Å². The van der Waals surface area contributed by atoms with Crippen molar-refractivity contribution in [2.75, 3.05) is 36.1 Å². The number of rotatable bonds is 5. The molecule has 2 aliphatic rings. The molecule has 0 spiro atoms. The van der Waals surface area contributed by atoms with E-state index in [1.54, 1.807) is 0 Å². The highest BCUT2D eigenvalue weighted by atomic mass is 32.1. The molecule has 3 aromatic heterocycles. The minimum atomic E-state index is -0.0990. The third kappa shape index (κ3) is 4.15. The van der Waals surface area contributed by atoms with E-state index in [9.17, 15) is 0 Å². The van der Waals surface area contributed by atoms with Crippen molar-refractivity contribution < 1.29 is 4.74 Å². The Hall–Kier alpha value is -3.75. The molecule has 0 radical (unpaired) electrons. The van der Waals surface area contributed by atoms with Gasteiger partial charge >= 0.3 is 0 Å². The van der Waals surface area contributed by atoms with Crippen LogP contribution in [-0.2, 0) is 4.74 Å². The van der Waals surface area contributed by atoms with Gasteiger partial charge in [0.25, 0.3) is 0 Å². The topological polar surface area (TPSA) is 58.5 Å². The Morgan fingerprint density at radius 1 is 0.829 bits per heavy atom. The molecule has 4 aromatic rings. The van der Waals surface area contributed by atoms with E-state index < -0.39 is 0 Å². The van der Waals surface area contributed by atoms with Crippen LogP contribution in [-0.4, -0.2) is 46.0 Å². The summed E-state index contributed by atoms with van der Waals surface area (Å²) in [6, 6.07) is 22.8. The maximum Gasteiger partial charge on any atom is 0.174 e. The van der Waals surface area contributed by atoms with Crippen LogP contribution < -0.4 is 15.1 Å². The third-order valence-electron chi connectivity index (χ3n) is 6.63. The van der Waals surface area contributed by atoms with E-state index in [0.29, 0.717) is 5.11 Å². The normalized spacial score (nSPS) is 20.2. The summed E-state index contributed by atoms with van der Waals surface area (Å²) in [6.07, 6.45) is 7.55. The van der Waals surface area contributed by atoms with Gasteiger partial charge in [0.15, 0.2) is 5.11 Å².